The zero-order valence-electron chi connectivity index (χ0n) is 15.4. The Labute approximate surface area is 160 Å². The van der Waals surface area contributed by atoms with Gasteiger partial charge in [0.05, 0.1) is 0 Å². The van der Waals surface area contributed by atoms with Crippen molar-refractivity contribution in [1.82, 2.24) is 0 Å². The van der Waals surface area contributed by atoms with E-state index in [1.807, 2.05) is 0 Å². The minimum Gasteiger partial charge on any atom is -0.0587 e. The van der Waals surface area contributed by atoms with E-state index in [4.69, 9.17) is 0 Å². The van der Waals surface area contributed by atoms with E-state index in [-0.39, 0.29) is 5.41 Å². The number of rotatable bonds is 4. The maximum Gasteiger partial charge on any atom is 0.0175 e. The third-order valence-corrected chi connectivity index (χ3v) is 5.61. The van der Waals surface area contributed by atoms with Gasteiger partial charge in [0.25, 0.3) is 0 Å². The Morgan fingerprint density at radius 1 is 0.640 bits per heavy atom. The van der Waals surface area contributed by atoms with E-state index in [2.05, 4.69) is 116 Å². The van der Waals surface area contributed by atoms with Gasteiger partial charge in [0.2, 0.25) is 0 Å². The molecule has 0 unspecified atom stereocenters. The second kappa shape index (κ2) is 7.17. The molecule has 0 aliphatic rings. The number of hydrogen-bond donors (Lipinski definition) is 0. The lowest BCUT2D eigenvalue weighted by molar-refractivity contribution is 0.640. The normalized spacial score (nSPS) is 11.8. The Balaban J connectivity index is 1.88. The lowest BCUT2D eigenvalue weighted by Gasteiger charge is -2.27. The Morgan fingerprint density at radius 2 is 1.04 bits per heavy atom. The number of hydrogen-bond acceptors (Lipinski definition) is 0. The smallest absolute Gasteiger partial charge is 0.0175 e. The van der Waals surface area contributed by atoms with E-state index in [9.17, 15) is 0 Å². The van der Waals surface area contributed by atoms with Crippen molar-refractivity contribution in [1.29, 1.82) is 0 Å². The summed E-state index contributed by atoms with van der Waals surface area (Å²) in [4.78, 5) is 0. The van der Waals surface area contributed by atoms with Crippen LogP contribution in [0.3, 0.4) is 0 Å². The van der Waals surface area contributed by atoms with Crippen molar-refractivity contribution in [2.24, 2.45) is 0 Å². The van der Waals surface area contributed by atoms with Crippen LogP contribution in [0.2, 0.25) is 0 Å². The highest BCUT2D eigenvalue weighted by atomic mass is 79.9. The summed E-state index contributed by atoms with van der Waals surface area (Å²) in [6.45, 7) is 9.07. The van der Waals surface area contributed by atoms with E-state index in [1.54, 1.807) is 0 Å². The van der Waals surface area contributed by atoms with E-state index in [0.29, 0.717) is 5.92 Å². The van der Waals surface area contributed by atoms with Crippen LogP contribution in [0.5, 0.6) is 0 Å². The zero-order valence-corrected chi connectivity index (χ0v) is 17.0. The van der Waals surface area contributed by atoms with Gasteiger partial charge < -0.3 is 0 Å². The predicted octanol–water partition coefficient (Wildman–Crippen LogP) is 7.57. The highest BCUT2D eigenvalue weighted by Crippen LogP contribution is 2.33. The van der Waals surface area contributed by atoms with Gasteiger partial charge in [0, 0.05) is 9.89 Å². The van der Waals surface area contributed by atoms with Crippen LogP contribution in [0.1, 0.15) is 50.3 Å². The van der Waals surface area contributed by atoms with Crippen LogP contribution >= 0.6 is 15.9 Å². The summed E-state index contributed by atoms with van der Waals surface area (Å²) in [5.74, 6) is 0.572. The van der Waals surface area contributed by atoms with Gasteiger partial charge in [-0.2, -0.15) is 0 Å². The summed E-state index contributed by atoms with van der Waals surface area (Å²) < 4.78 is 1.11. The van der Waals surface area contributed by atoms with Gasteiger partial charge in [-0.3, -0.25) is 0 Å². The van der Waals surface area contributed by atoms with Gasteiger partial charge in [-0.25, -0.2) is 0 Å². The van der Waals surface area contributed by atoms with Crippen molar-refractivity contribution in [2.45, 2.75) is 39.0 Å². The van der Waals surface area contributed by atoms with Crippen molar-refractivity contribution >= 4 is 15.9 Å². The molecule has 0 atom stereocenters. The SMILES string of the molecule is CC(C)c1ccc(C(C)(C)c2ccc(-c3ccc(Br)cc3)cc2)cc1. The first-order chi connectivity index (χ1) is 11.9. The highest BCUT2D eigenvalue weighted by Gasteiger charge is 2.23. The van der Waals surface area contributed by atoms with Gasteiger partial charge in [-0.05, 0) is 45.9 Å². The van der Waals surface area contributed by atoms with Gasteiger partial charge in [-0.15, -0.1) is 0 Å². The second-order valence-corrected chi connectivity index (χ2v) is 8.40. The molecule has 0 saturated carbocycles. The number of benzene rings is 3. The topological polar surface area (TPSA) is 0 Å². The fourth-order valence-corrected chi connectivity index (χ4v) is 3.44. The molecule has 0 N–H and O–H groups in total. The molecule has 128 valence electrons. The molecule has 3 rings (SSSR count). The molecule has 0 fully saturated rings. The predicted molar refractivity (Wildman–Crippen MR) is 112 cm³/mol. The van der Waals surface area contributed by atoms with Crippen molar-refractivity contribution < 1.29 is 0 Å². The van der Waals surface area contributed by atoms with Crippen LogP contribution in [0.4, 0.5) is 0 Å². The van der Waals surface area contributed by atoms with Gasteiger partial charge in [0.1, 0.15) is 0 Å². The van der Waals surface area contributed by atoms with Gasteiger partial charge in [0.15, 0.2) is 0 Å². The lowest BCUT2D eigenvalue weighted by Crippen LogP contribution is -2.18. The largest absolute Gasteiger partial charge is 0.0587 e. The molecule has 3 aromatic rings. The van der Waals surface area contributed by atoms with E-state index in [0.717, 1.165) is 4.47 Å². The summed E-state index contributed by atoms with van der Waals surface area (Å²) in [6, 6.07) is 26.5. The average Bonchev–Trinajstić information content (AvgIpc) is 2.62. The first kappa shape index (κ1) is 17.9. The lowest BCUT2D eigenvalue weighted by atomic mass is 9.77. The van der Waals surface area contributed by atoms with E-state index >= 15 is 0 Å². The van der Waals surface area contributed by atoms with Crippen LogP contribution in [0.25, 0.3) is 11.1 Å². The van der Waals surface area contributed by atoms with E-state index in [1.165, 1.54) is 27.8 Å². The summed E-state index contributed by atoms with van der Waals surface area (Å²) in [5.41, 5.74) is 6.58. The summed E-state index contributed by atoms with van der Waals surface area (Å²) in [7, 11) is 0. The second-order valence-electron chi connectivity index (χ2n) is 7.49. The molecule has 0 aliphatic heterocycles. The average molecular weight is 393 g/mol. The molecule has 25 heavy (non-hydrogen) atoms. The molecule has 0 radical (unpaired) electrons. The third-order valence-electron chi connectivity index (χ3n) is 5.08. The van der Waals surface area contributed by atoms with E-state index < -0.39 is 0 Å². The molecule has 0 bridgehead atoms. The molecule has 0 aromatic heterocycles. The standard InChI is InChI=1S/C24H25Br/c1-17(2)18-5-11-21(12-6-18)24(3,4)22-13-7-19(8-14-22)20-9-15-23(25)16-10-20/h5-17H,1-4H3. The fourth-order valence-electron chi connectivity index (χ4n) is 3.17. The molecular formula is C24H25Br. The summed E-state index contributed by atoms with van der Waals surface area (Å²) >= 11 is 3.50. The Bertz CT molecular complexity index is 823. The van der Waals surface area contributed by atoms with Crippen LogP contribution in [-0.4, -0.2) is 0 Å². The molecular weight excluding hydrogens is 368 g/mol. The first-order valence-corrected chi connectivity index (χ1v) is 9.64. The minimum atomic E-state index is -0.00619. The molecule has 0 amide bonds. The molecule has 0 aliphatic carbocycles. The van der Waals surface area contributed by atoms with Crippen molar-refractivity contribution in [3.8, 4) is 11.1 Å². The molecule has 1 heteroatoms. The third kappa shape index (κ3) is 3.88. The monoisotopic (exact) mass is 392 g/mol. The molecule has 0 heterocycles. The van der Waals surface area contributed by atoms with Crippen LogP contribution < -0.4 is 0 Å². The van der Waals surface area contributed by atoms with Crippen LogP contribution in [0, 0.1) is 0 Å². The Morgan fingerprint density at radius 3 is 1.48 bits per heavy atom. The highest BCUT2D eigenvalue weighted by molar-refractivity contribution is 9.10. The molecule has 0 saturated heterocycles. The first-order valence-electron chi connectivity index (χ1n) is 8.85. The Hall–Kier alpha value is -1.86. The fraction of sp³-hybridized carbons (Fsp3) is 0.250. The van der Waals surface area contributed by atoms with Crippen LogP contribution in [-0.2, 0) is 5.41 Å². The Kier molecular flexibility index (Phi) is 5.15. The van der Waals surface area contributed by atoms with Crippen molar-refractivity contribution in [3.63, 3.8) is 0 Å². The maximum atomic E-state index is 3.50. The molecule has 3 aromatic carbocycles. The van der Waals surface area contributed by atoms with Gasteiger partial charge in [-0.1, -0.05) is 104 Å². The van der Waals surface area contributed by atoms with Crippen molar-refractivity contribution in [3.05, 3.63) is 94.0 Å². The van der Waals surface area contributed by atoms with Gasteiger partial charge >= 0.3 is 0 Å². The zero-order chi connectivity index (χ0) is 18.0. The quantitative estimate of drug-likeness (QED) is 0.429. The maximum absolute atomic E-state index is 3.50. The van der Waals surface area contributed by atoms with Crippen molar-refractivity contribution in [2.75, 3.05) is 0 Å². The number of halogens is 1. The van der Waals surface area contributed by atoms with Crippen LogP contribution in [0.15, 0.2) is 77.3 Å². The molecule has 0 spiro atoms. The molecule has 0 nitrogen and oxygen atoms in total. The summed E-state index contributed by atoms with van der Waals surface area (Å²) in [6.07, 6.45) is 0. The minimum absolute atomic E-state index is 0.00619. The summed E-state index contributed by atoms with van der Waals surface area (Å²) in [5, 5.41) is 0.